The van der Waals surface area contributed by atoms with E-state index in [4.69, 9.17) is 4.74 Å². The molecule has 0 aliphatic heterocycles. The van der Waals surface area contributed by atoms with Gasteiger partial charge in [-0.3, -0.25) is 9.59 Å². The summed E-state index contributed by atoms with van der Waals surface area (Å²) in [5.74, 6) is 0.421. The third kappa shape index (κ3) is 6.03. The van der Waals surface area contributed by atoms with E-state index in [2.05, 4.69) is 0 Å². The Hall–Kier alpha value is -2.69. The number of nitrogens with zero attached hydrogens (tertiary/aromatic N) is 1. The van der Waals surface area contributed by atoms with E-state index >= 15 is 0 Å². The predicted molar refractivity (Wildman–Crippen MR) is 94.0 cm³/mol. The SMILES string of the molecule is CC(=O)c1ccc(OCCCC(=O)N(C)Cc2ccc(F)cc2)cc1. The van der Waals surface area contributed by atoms with Crippen LogP contribution in [0.2, 0.25) is 0 Å². The fourth-order valence-corrected chi connectivity index (χ4v) is 2.34. The van der Waals surface area contributed by atoms with Gasteiger partial charge in [-0.2, -0.15) is 0 Å². The predicted octanol–water partition coefficient (Wildman–Crippen LogP) is 3.85. The second kappa shape index (κ2) is 8.97. The third-order valence-corrected chi connectivity index (χ3v) is 3.82. The van der Waals surface area contributed by atoms with Crippen LogP contribution in [0.3, 0.4) is 0 Å². The van der Waals surface area contributed by atoms with E-state index in [1.54, 1.807) is 48.3 Å². The van der Waals surface area contributed by atoms with Gasteiger partial charge < -0.3 is 9.64 Å². The lowest BCUT2D eigenvalue weighted by molar-refractivity contribution is -0.130. The zero-order chi connectivity index (χ0) is 18.2. The van der Waals surface area contributed by atoms with E-state index in [0.29, 0.717) is 37.3 Å². The van der Waals surface area contributed by atoms with Crippen molar-refractivity contribution in [3.05, 3.63) is 65.5 Å². The molecule has 2 rings (SSSR count). The van der Waals surface area contributed by atoms with Crippen LogP contribution >= 0.6 is 0 Å². The van der Waals surface area contributed by atoms with Gasteiger partial charge in [0.1, 0.15) is 11.6 Å². The molecule has 0 aromatic heterocycles. The largest absolute Gasteiger partial charge is 0.494 e. The number of rotatable bonds is 8. The van der Waals surface area contributed by atoms with Crippen LogP contribution in [-0.4, -0.2) is 30.2 Å². The van der Waals surface area contributed by atoms with Crippen LogP contribution in [-0.2, 0) is 11.3 Å². The number of halogens is 1. The van der Waals surface area contributed by atoms with E-state index < -0.39 is 0 Å². The summed E-state index contributed by atoms with van der Waals surface area (Å²) < 4.78 is 18.5. The van der Waals surface area contributed by atoms with Gasteiger partial charge in [-0.15, -0.1) is 0 Å². The molecule has 0 unspecified atom stereocenters. The van der Waals surface area contributed by atoms with Gasteiger partial charge >= 0.3 is 0 Å². The van der Waals surface area contributed by atoms with Gasteiger partial charge in [0.25, 0.3) is 0 Å². The number of ether oxygens (including phenoxy) is 1. The first-order chi connectivity index (χ1) is 12.0. The molecule has 0 N–H and O–H groups in total. The summed E-state index contributed by atoms with van der Waals surface area (Å²) in [5.41, 5.74) is 1.53. The van der Waals surface area contributed by atoms with Crippen LogP contribution in [0.5, 0.6) is 5.75 Å². The molecular weight excluding hydrogens is 321 g/mol. The first kappa shape index (κ1) is 18.6. The smallest absolute Gasteiger partial charge is 0.222 e. The van der Waals surface area contributed by atoms with E-state index in [1.807, 2.05) is 0 Å². The van der Waals surface area contributed by atoms with Crippen molar-refractivity contribution < 1.29 is 18.7 Å². The monoisotopic (exact) mass is 343 g/mol. The Labute approximate surface area is 147 Å². The summed E-state index contributed by atoms with van der Waals surface area (Å²) in [4.78, 5) is 24.9. The highest BCUT2D eigenvalue weighted by Gasteiger charge is 2.09. The number of hydrogen-bond donors (Lipinski definition) is 0. The zero-order valence-electron chi connectivity index (χ0n) is 14.5. The molecule has 2 aromatic rings. The Bertz CT molecular complexity index is 711. The van der Waals surface area contributed by atoms with Crippen molar-refractivity contribution in [2.75, 3.05) is 13.7 Å². The number of hydrogen-bond acceptors (Lipinski definition) is 3. The average Bonchev–Trinajstić information content (AvgIpc) is 2.60. The number of amides is 1. The van der Waals surface area contributed by atoms with Crippen LogP contribution in [0.25, 0.3) is 0 Å². The van der Waals surface area contributed by atoms with Crippen LogP contribution in [0.1, 0.15) is 35.7 Å². The van der Waals surface area contributed by atoms with Gasteiger partial charge in [-0.05, 0) is 55.3 Å². The summed E-state index contributed by atoms with van der Waals surface area (Å²) in [6, 6.07) is 13.1. The Morgan fingerprint density at radius 2 is 1.68 bits per heavy atom. The van der Waals surface area contributed by atoms with Crippen LogP contribution in [0.15, 0.2) is 48.5 Å². The topological polar surface area (TPSA) is 46.6 Å². The third-order valence-electron chi connectivity index (χ3n) is 3.82. The summed E-state index contributed by atoms with van der Waals surface area (Å²) in [5, 5.41) is 0. The maximum absolute atomic E-state index is 12.9. The molecule has 2 aromatic carbocycles. The average molecular weight is 343 g/mol. The van der Waals surface area contributed by atoms with E-state index in [9.17, 15) is 14.0 Å². The molecule has 0 radical (unpaired) electrons. The van der Waals surface area contributed by atoms with Crippen molar-refractivity contribution >= 4 is 11.7 Å². The van der Waals surface area contributed by atoms with Gasteiger partial charge in [0, 0.05) is 25.6 Å². The Kier molecular flexibility index (Phi) is 6.69. The minimum atomic E-state index is -0.286. The van der Waals surface area contributed by atoms with Crippen molar-refractivity contribution in [1.82, 2.24) is 4.90 Å². The van der Waals surface area contributed by atoms with Crippen molar-refractivity contribution in [2.24, 2.45) is 0 Å². The highest BCUT2D eigenvalue weighted by atomic mass is 19.1. The van der Waals surface area contributed by atoms with Crippen molar-refractivity contribution in [2.45, 2.75) is 26.3 Å². The number of carbonyl (C=O) groups is 2. The fourth-order valence-electron chi connectivity index (χ4n) is 2.34. The highest BCUT2D eigenvalue weighted by molar-refractivity contribution is 5.94. The van der Waals surface area contributed by atoms with Crippen molar-refractivity contribution in [3.8, 4) is 5.75 Å². The zero-order valence-corrected chi connectivity index (χ0v) is 14.5. The van der Waals surface area contributed by atoms with Crippen molar-refractivity contribution in [1.29, 1.82) is 0 Å². The van der Waals surface area contributed by atoms with Gasteiger partial charge in [-0.1, -0.05) is 12.1 Å². The van der Waals surface area contributed by atoms with Gasteiger partial charge in [-0.25, -0.2) is 4.39 Å². The molecule has 0 spiro atoms. The number of carbonyl (C=O) groups excluding carboxylic acids is 2. The fraction of sp³-hybridized carbons (Fsp3) is 0.300. The van der Waals surface area contributed by atoms with Crippen molar-refractivity contribution in [3.63, 3.8) is 0 Å². The van der Waals surface area contributed by atoms with Crippen LogP contribution in [0.4, 0.5) is 4.39 Å². The number of benzene rings is 2. The number of Topliss-reactive ketones (excluding diaryl/α,β-unsaturated/α-hetero) is 1. The highest BCUT2D eigenvalue weighted by Crippen LogP contribution is 2.13. The molecular formula is C20H22FNO3. The maximum Gasteiger partial charge on any atom is 0.222 e. The lowest BCUT2D eigenvalue weighted by atomic mass is 10.1. The molecule has 0 bridgehead atoms. The Morgan fingerprint density at radius 1 is 1.04 bits per heavy atom. The summed E-state index contributed by atoms with van der Waals surface area (Å²) in [6.45, 7) is 2.39. The number of ketones is 1. The first-order valence-corrected chi connectivity index (χ1v) is 8.18. The molecule has 0 aliphatic rings. The van der Waals surface area contributed by atoms with Crippen LogP contribution in [0, 0.1) is 5.82 Å². The minimum Gasteiger partial charge on any atom is -0.494 e. The molecule has 0 atom stereocenters. The van der Waals surface area contributed by atoms with Gasteiger partial charge in [0.2, 0.25) is 5.91 Å². The molecule has 0 heterocycles. The summed E-state index contributed by atoms with van der Waals surface area (Å²) in [7, 11) is 1.73. The lowest BCUT2D eigenvalue weighted by Crippen LogP contribution is -2.26. The Balaban J connectivity index is 1.70. The standard InChI is InChI=1S/C20H22FNO3/c1-15(23)17-7-11-19(12-8-17)25-13-3-4-20(24)22(2)14-16-5-9-18(21)10-6-16/h5-12H,3-4,13-14H2,1-2H3. The summed E-state index contributed by atoms with van der Waals surface area (Å²) >= 11 is 0. The van der Waals surface area contributed by atoms with Crippen LogP contribution < -0.4 is 4.74 Å². The molecule has 1 amide bonds. The Morgan fingerprint density at radius 3 is 2.28 bits per heavy atom. The molecule has 25 heavy (non-hydrogen) atoms. The van der Waals surface area contributed by atoms with Gasteiger partial charge in [0.15, 0.2) is 5.78 Å². The lowest BCUT2D eigenvalue weighted by Gasteiger charge is -2.17. The molecule has 132 valence electrons. The first-order valence-electron chi connectivity index (χ1n) is 8.18. The second-order valence-corrected chi connectivity index (χ2v) is 5.91. The summed E-state index contributed by atoms with van der Waals surface area (Å²) in [6.07, 6.45) is 0.976. The van der Waals surface area contributed by atoms with E-state index in [-0.39, 0.29) is 17.5 Å². The second-order valence-electron chi connectivity index (χ2n) is 5.91. The normalized spacial score (nSPS) is 10.4. The molecule has 0 fully saturated rings. The molecule has 0 saturated carbocycles. The quantitative estimate of drug-likeness (QED) is 0.540. The van der Waals surface area contributed by atoms with E-state index in [1.165, 1.54) is 19.1 Å². The maximum atomic E-state index is 12.9. The van der Waals surface area contributed by atoms with E-state index in [0.717, 1.165) is 5.56 Å². The molecule has 0 saturated heterocycles. The molecule has 5 heteroatoms. The molecule has 4 nitrogen and oxygen atoms in total. The minimum absolute atomic E-state index is 0.0138. The molecule has 0 aliphatic carbocycles. The van der Waals surface area contributed by atoms with Gasteiger partial charge in [0.05, 0.1) is 6.61 Å².